The largest absolute Gasteiger partial charge is 0.377 e. The lowest BCUT2D eigenvalue weighted by atomic mass is 10.1. The number of ether oxygens (including phenoxy) is 1. The van der Waals surface area contributed by atoms with Crippen LogP contribution in [0.3, 0.4) is 0 Å². The van der Waals surface area contributed by atoms with Crippen LogP contribution in [-0.2, 0) is 24.3 Å². The number of hydrogen-bond acceptors (Lipinski definition) is 5. The number of sulfonamides is 1. The van der Waals surface area contributed by atoms with E-state index in [4.69, 9.17) is 4.74 Å². The van der Waals surface area contributed by atoms with Gasteiger partial charge < -0.3 is 15.0 Å². The van der Waals surface area contributed by atoms with E-state index >= 15 is 0 Å². The minimum atomic E-state index is -3.63. The molecular formula is C20H29N3O5S. The zero-order valence-corrected chi connectivity index (χ0v) is 17.9. The van der Waals surface area contributed by atoms with Gasteiger partial charge in [-0.05, 0) is 57.9 Å². The van der Waals surface area contributed by atoms with Crippen molar-refractivity contribution in [2.24, 2.45) is 5.92 Å². The molecule has 160 valence electrons. The molecule has 1 aromatic carbocycles. The third-order valence-electron chi connectivity index (χ3n) is 5.26. The maximum absolute atomic E-state index is 12.5. The molecule has 9 heteroatoms. The standard InChI is InChI=1S/C20H29N3O5S/c1-20(2,3)23-13-14(11-18(23)24)19(25)22-15-6-8-17(9-7-15)29(26,27)21-12-16-5-4-10-28-16/h6-9,14,16,21H,4-5,10-13H2,1-3H3,(H,22,25)/t14-,16+/m1/s1. The molecule has 29 heavy (non-hydrogen) atoms. The van der Waals surface area contributed by atoms with Crippen molar-refractivity contribution in [2.45, 2.75) is 56.6 Å². The summed E-state index contributed by atoms with van der Waals surface area (Å²) in [5.74, 6) is -0.688. The van der Waals surface area contributed by atoms with E-state index in [2.05, 4.69) is 10.0 Å². The van der Waals surface area contributed by atoms with Gasteiger partial charge in [-0.15, -0.1) is 0 Å². The predicted molar refractivity (Wildman–Crippen MR) is 109 cm³/mol. The van der Waals surface area contributed by atoms with Gasteiger partial charge >= 0.3 is 0 Å². The van der Waals surface area contributed by atoms with Gasteiger partial charge in [0.15, 0.2) is 0 Å². The minimum Gasteiger partial charge on any atom is -0.377 e. The molecule has 1 aromatic rings. The van der Waals surface area contributed by atoms with E-state index in [1.165, 1.54) is 12.1 Å². The van der Waals surface area contributed by atoms with Crippen LogP contribution < -0.4 is 10.0 Å². The zero-order chi connectivity index (χ0) is 21.2. The van der Waals surface area contributed by atoms with Gasteiger partial charge in [0.1, 0.15) is 0 Å². The zero-order valence-electron chi connectivity index (χ0n) is 17.1. The highest BCUT2D eigenvalue weighted by Crippen LogP contribution is 2.27. The highest BCUT2D eigenvalue weighted by molar-refractivity contribution is 7.89. The van der Waals surface area contributed by atoms with Crippen molar-refractivity contribution < 1.29 is 22.7 Å². The molecule has 2 fully saturated rings. The number of hydrogen-bond donors (Lipinski definition) is 2. The number of benzene rings is 1. The average Bonchev–Trinajstić information content (AvgIpc) is 3.29. The number of likely N-dealkylation sites (tertiary alicyclic amines) is 1. The van der Waals surface area contributed by atoms with E-state index in [0.717, 1.165) is 12.8 Å². The summed E-state index contributed by atoms with van der Waals surface area (Å²) in [6, 6.07) is 6.01. The molecular weight excluding hydrogens is 394 g/mol. The van der Waals surface area contributed by atoms with Gasteiger partial charge in [0.2, 0.25) is 21.8 Å². The fourth-order valence-corrected chi connectivity index (χ4v) is 4.65. The molecule has 2 heterocycles. The van der Waals surface area contributed by atoms with Gasteiger partial charge in [-0.1, -0.05) is 0 Å². The summed E-state index contributed by atoms with van der Waals surface area (Å²) in [6.07, 6.45) is 1.90. The molecule has 0 aromatic heterocycles. The third-order valence-corrected chi connectivity index (χ3v) is 6.70. The molecule has 0 spiro atoms. The lowest BCUT2D eigenvalue weighted by Crippen LogP contribution is -2.42. The Bertz CT molecular complexity index is 855. The fourth-order valence-electron chi connectivity index (χ4n) is 3.58. The van der Waals surface area contributed by atoms with Crippen LogP contribution in [0, 0.1) is 5.92 Å². The minimum absolute atomic E-state index is 0.0311. The summed E-state index contributed by atoms with van der Waals surface area (Å²) < 4.78 is 32.8. The summed E-state index contributed by atoms with van der Waals surface area (Å²) >= 11 is 0. The van der Waals surface area contributed by atoms with E-state index in [9.17, 15) is 18.0 Å². The van der Waals surface area contributed by atoms with Gasteiger partial charge in [0.25, 0.3) is 0 Å². The number of carbonyl (C=O) groups is 2. The van der Waals surface area contributed by atoms with Crippen LogP contribution in [0.15, 0.2) is 29.2 Å². The average molecular weight is 424 g/mol. The van der Waals surface area contributed by atoms with Gasteiger partial charge in [-0.2, -0.15) is 0 Å². The number of nitrogens with one attached hydrogen (secondary N) is 2. The predicted octanol–water partition coefficient (Wildman–Crippen LogP) is 1.73. The Balaban J connectivity index is 1.57. The van der Waals surface area contributed by atoms with Gasteiger partial charge in [0, 0.05) is 37.3 Å². The third kappa shape index (κ3) is 5.34. The van der Waals surface area contributed by atoms with Crippen LogP contribution in [0.2, 0.25) is 0 Å². The normalized spacial score (nSPS) is 22.9. The second kappa shape index (κ2) is 8.41. The maximum atomic E-state index is 12.5. The van der Waals surface area contributed by atoms with Crippen molar-refractivity contribution in [3.8, 4) is 0 Å². The van der Waals surface area contributed by atoms with Crippen molar-refractivity contribution in [1.82, 2.24) is 9.62 Å². The second-order valence-electron chi connectivity index (χ2n) is 8.58. The Labute approximate surface area is 172 Å². The first-order chi connectivity index (χ1) is 13.6. The van der Waals surface area contributed by atoms with E-state index < -0.39 is 15.9 Å². The molecule has 2 saturated heterocycles. The Morgan fingerprint density at radius 2 is 1.93 bits per heavy atom. The van der Waals surface area contributed by atoms with E-state index in [1.807, 2.05) is 20.8 Å². The lowest BCUT2D eigenvalue weighted by molar-refractivity contribution is -0.131. The number of nitrogens with zero attached hydrogens (tertiary/aromatic N) is 1. The van der Waals surface area contributed by atoms with Crippen LogP contribution in [0.5, 0.6) is 0 Å². The summed E-state index contributed by atoms with van der Waals surface area (Å²) in [5, 5.41) is 2.78. The fraction of sp³-hybridized carbons (Fsp3) is 0.600. The summed E-state index contributed by atoms with van der Waals surface area (Å²) in [7, 11) is -3.63. The van der Waals surface area contributed by atoms with Crippen LogP contribution in [0.4, 0.5) is 5.69 Å². The van der Waals surface area contributed by atoms with E-state index in [-0.39, 0.29) is 41.3 Å². The highest BCUT2D eigenvalue weighted by Gasteiger charge is 2.39. The molecule has 2 aliphatic heterocycles. The van der Waals surface area contributed by atoms with E-state index in [1.54, 1.807) is 17.0 Å². The Kier molecular flexibility index (Phi) is 6.30. The molecule has 2 aliphatic rings. The number of anilines is 1. The van der Waals surface area contributed by atoms with Crippen molar-refractivity contribution >= 4 is 27.5 Å². The molecule has 0 bridgehead atoms. The summed E-state index contributed by atoms with van der Waals surface area (Å²) in [4.78, 5) is 26.5. The monoisotopic (exact) mass is 423 g/mol. The Morgan fingerprint density at radius 3 is 2.48 bits per heavy atom. The first-order valence-electron chi connectivity index (χ1n) is 9.89. The van der Waals surface area contributed by atoms with Gasteiger partial charge in [-0.25, -0.2) is 13.1 Å². The summed E-state index contributed by atoms with van der Waals surface area (Å²) in [6.45, 7) is 7.13. The van der Waals surface area contributed by atoms with Crippen molar-refractivity contribution in [1.29, 1.82) is 0 Å². The Hall–Kier alpha value is -1.97. The molecule has 0 unspecified atom stereocenters. The molecule has 8 nitrogen and oxygen atoms in total. The van der Waals surface area contributed by atoms with E-state index in [0.29, 0.717) is 18.8 Å². The molecule has 2 atom stereocenters. The number of rotatable bonds is 6. The molecule has 3 rings (SSSR count). The van der Waals surface area contributed by atoms with Gasteiger partial charge in [0.05, 0.1) is 16.9 Å². The molecule has 2 N–H and O–H groups in total. The van der Waals surface area contributed by atoms with Crippen LogP contribution in [0.25, 0.3) is 0 Å². The quantitative estimate of drug-likeness (QED) is 0.725. The smallest absolute Gasteiger partial charge is 0.240 e. The number of amides is 2. The molecule has 2 amide bonds. The molecule has 0 radical (unpaired) electrons. The lowest BCUT2D eigenvalue weighted by Gasteiger charge is -2.31. The Morgan fingerprint density at radius 1 is 1.24 bits per heavy atom. The SMILES string of the molecule is CC(C)(C)N1C[C@H](C(=O)Nc2ccc(S(=O)(=O)NC[C@@H]3CCCO3)cc2)CC1=O. The maximum Gasteiger partial charge on any atom is 0.240 e. The number of carbonyl (C=O) groups excluding carboxylic acids is 2. The first-order valence-corrected chi connectivity index (χ1v) is 11.4. The van der Waals surface area contributed by atoms with Crippen molar-refractivity contribution in [3.63, 3.8) is 0 Å². The second-order valence-corrected chi connectivity index (χ2v) is 10.3. The van der Waals surface area contributed by atoms with Crippen molar-refractivity contribution in [2.75, 3.05) is 25.0 Å². The molecule has 0 saturated carbocycles. The summed E-state index contributed by atoms with van der Waals surface area (Å²) in [5.41, 5.74) is 0.174. The molecule has 0 aliphatic carbocycles. The topological polar surface area (TPSA) is 105 Å². The van der Waals surface area contributed by atoms with Crippen LogP contribution in [-0.4, -0.2) is 56.5 Å². The van der Waals surface area contributed by atoms with Crippen LogP contribution >= 0.6 is 0 Å². The highest BCUT2D eigenvalue weighted by atomic mass is 32.2. The van der Waals surface area contributed by atoms with Gasteiger partial charge in [-0.3, -0.25) is 9.59 Å². The van der Waals surface area contributed by atoms with Crippen LogP contribution in [0.1, 0.15) is 40.0 Å². The first kappa shape index (κ1) is 21.7. The van der Waals surface area contributed by atoms with Crippen molar-refractivity contribution in [3.05, 3.63) is 24.3 Å².